The monoisotopic (exact) mass is 555 g/mol. The second-order valence-corrected chi connectivity index (χ2v) is 9.70. The first-order chi connectivity index (χ1) is 19.8. The molecule has 5 rings (SSSR count). The van der Waals surface area contributed by atoms with E-state index in [1.54, 1.807) is 37.3 Å². The highest BCUT2D eigenvalue weighted by Gasteiger charge is 2.30. The first kappa shape index (κ1) is 27.6. The number of aryl methyl sites for hydroxylation is 1. The molecule has 5 N–H and O–H groups in total. The Morgan fingerprint density at radius 2 is 1.78 bits per heavy atom. The van der Waals surface area contributed by atoms with Crippen LogP contribution in [0.15, 0.2) is 66.7 Å². The van der Waals surface area contributed by atoms with Crippen LogP contribution in [0.2, 0.25) is 0 Å². The van der Waals surface area contributed by atoms with Crippen LogP contribution >= 0.6 is 0 Å². The van der Waals surface area contributed by atoms with Gasteiger partial charge in [0.05, 0.1) is 35.7 Å². The van der Waals surface area contributed by atoms with Crippen molar-refractivity contribution in [2.24, 2.45) is 0 Å². The highest BCUT2D eigenvalue weighted by molar-refractivity contribution is 6.37. The number of benzene rings is 3. The molecule has 0 bridgehead atoms. The predicted octanol–water partition coefficient (Wildman–Crippen LogP) is 2.72. The quantitative estimate of drug-likeness (QED) is 0.154. The third-order valence-corrected chi connectivity index (χ3v) is 6.86. The van der Waals surface area contributed by atoms with E-state index in [0.717, 1.165) is 12.1 Å². The van der Waals surface area contributed by atoms with Crippen molar-refractivity contribution in [3.8, 4) is 0 Å². The number of piperazine rings is 1. The third-order valence-electron chi connectivity index (χ3n) is 6.86. The summed E-state index contributed by atoms with van der Waals surface area (Å²) >= 11 is 0. The second kappa shape index (κ2) is 12.0. The van der Waals surface area contributed by atoms with Gasteiger partial charge < -0.3 is 21.1 Å². The smallest absolute Gasteiger partial charge is 0.336 e. The number of carboxylic acid groups (broad SMARTS) is 1. The summed E-state index contributed by atoms with van der Waals surface area (Å²) in [5, 5.41) is 18.4. The molecule has 3 aromatic carbocycles. The molecule has 210 valence electrons. The van der Waals surface area contributed by atoms with Crippen molar-refractivity contribution in [1.82, 2.24) is 15.7 Å². The molecule has 11 nitrogen and oxygen atoms in total. The minimum Gasteiger partial charge on any atom is -0.478 e. The molecule has 2 aliphatic heterocycles. The van der Waals surface area contributed by atoms with Crippen molar-refractivity contribution >= 4 is 46.3 Å². The molecule has 0 aliphatic carbocycles. The topological polar surface area (TPSA) is 149 Å². The molecule has 0 radical (unpaired) electrons. The van der Waals surface area contributed by atoms with Crippen LogP contribution in [-0.4, -0.2) is 66.5 Å². The first-order valence-electron chi connectivity index (χ1n) is 13.1. The second-order valence-electron chi connectivity index (χ2n) is 9.70. The molecule has 0 saturated carbocycles. The van der Waals surface area contributed by atoms with Gasteiger partial charge >= 0.3 is 5.97 Å². The highest BCUT2D eigenvalue weighted by atomic mass is 16.7. The maximum atomic E-state index is 13.2. The van der Waals surface area contributed by atoms with Crippen molar-refractivity contribution in [3.05, 3.63) is 94.5 Å². The molecule has 3 aromatic rings. The Kier molecular flexibility index (Phi) is 8.09. The van der Waals surface area contributed by atoms with Crippen molar-refractivity contribution in [2.75, 3.05) is 43.4 Å². The van der Waals surface area contributed by atoms with Crippen LogP contribution in [0.1, 0.15) is 37.4 Å². The van der Waals surface area contributed by atoms with E-state index in [-0.39, 0.29) is 24.0 Å². The van der Waals surface area contributed by atoms with Crippen LogP contribution in [0.3, 0.4) is 0 Å². The van der Waals surface area contributed by atoms with Crippen LogP contribution in [0.5, 0.6) is 0 Å². The Morgan fingerprint density at radius 3 is 2.49 bits per heavy atom. The summed E-state index contributed by atoms with van der Waals surface area (Å²) in [6.07, 6.45) is 0. The SMILES string of the molecule is Cc1cc2c(cc1C(=O)O)NC(=O)/C2=C(/Nc1ccc(C(=O)NOCCN2CCNC(=O)C2)cc1)c1ccccc1. The summed E-state index contributed by atoms with van der Waals surface area (Å²) in [6.45, 7) is 4.08. The Bertz CT molecular complexity index is 1530. The Labute approximate surface area is 236 Å². The van der Waals surface area contributed by atoms with E-state index >= 15 is 0 Å². The standard InChI is InChI=1S/C30H29N5O6/c1-18-15-23-24(16-22(18)30(39)40)33-29(38)26(23)27(19-5-3-2-4-6-19)32-21-9-7-20(8-10-21)28(37)34-41-14-13-35-12-11-31-25(36)17-35/h2-10,15-16,32H,11-14,17H2,1H3,(H,31,36)(H,33,38)(H,34,37)(H,39,40)/b27-26+. The number of hydrogen-bond donors (Lipinski definition) is 5. The lowest BCUT2D eigenvalue weighted by atomic mass is 9.96. The number of nitrogens with zero attached hydrogens (tertiary/aromatic N) is 1. The molecular weight excluding hydrogens is 526 g/mol. The molecule has 41 heavy (non-hydrogen) atoms. The van der Waals surface area contributed by atoms with E-state index in [9.17, 15) is 24.3 Å². The molecule has 0 aromatic heterocycles. The molecular formula is C30H29N5O6. The van der Waals surface area contributed by atoms with Crippen LogP contribution < -0.4 is 21.4 Å². The van der Waals surface area contributed by atoms with Crippen molar-refractivity contribution in [1.29, 1.82) is 0 Å². The van der Waals surface area contributed by atoms with E-state index in [4.69, 9.17) is 4.84 Å². The number of amides is 3. The number of fused-ring (bicyclic) bond motifs is 1. The average molecular weight is 556 g/mol. The Morgan fingerprint density at radius 1 is 1.02 bits per heavy atom. The molecule has 11 heteroatoms. The zero-order valence-electron chi connectivity index (χ0n) is 22.3. The van der Waals surface area contributed by atoms with Gasteiger partial charge in [0, 0.05) is 36.4 Å². The zero-order valence-corrected chi connectivity index (χ0v) is 22.3. The van der Waals surface area contributed by atoms with Gasteiger partial charge in [-0.2, -0.15) is 0 Å². The van der Waals surface area contributed by atoms with Gasteiger partial charge in [0.15, 0.2) is 0 Å². The predicted molar refractivity (Wildman–Crippen MR) is 153 cm³/mol. The number of carboxylic acids is 1. The summed E-state index contributed by atoms with van der Waals surface area (Å²) in [6, 6.07) is 19.2. The van der Waals surface area contributed by atoms with E-state index in [1.807, 2.05) is 35.2 Å². The van der Waals surface area contributed by atoms with E-state index in [2.05, 4.69) is 21.4 Å². The number of anilines is 2. The van der Waals surface area contributed by atoms with Crippen molar-refractivity contribution in [3.63, 3.8) is 0 Å². The van der Waals surface area contributed by atoms with Crippen LogP contribution in [0.25, 0.3) is 11.3 Å². The number of aromatic carboxylic acids is 1. The largest absolute Gasteiger partial charge is 0.478 e. The van der Waals surface area contributed by atoms with Crippen LogP contribution in [0.4, 0.5) is 11.4 Å². The molecule has 0 atom stereocenters. The number of carbonyl (C=O) groups is 4. The van der Waals surface area contributed by atoms with Crippen molar-refractivity contribution < 1.29 is 29.1 Å². The number of hydrogen-bond acceptors (Lipinski definition) is 7. The lowest BCUT2D eigenvalue weighted by molar-refractivity contribution is -0.124. The minimum absolute atomic E-state index is 0.0275. The maximum Gasteiger partial charge on any atom is 0.336 e. The minimum atomic E-state index is -1.07. The van der Waals surface area contributed by atoms with Gasteiger partial charge in [-0.3, -0.25) is 24.1 Å². The first-order valence-corrected chi connectivity index (χ1v) is 13.1. The van der Waals surface area contributed by atoms with Gasteiger partial charge in [-0.1, -0.05) is 30.3 Å². The van der Waals surface area contributed by atoms with Crippen LogP contribution in [0, 0.1) is 6.92 Å². The molecule has 1 fully saturated rings. The van der Waals surface area contributed by atoms with Gasteiger partial charge in [0.25, 0.3) is 11.8 Å². The fraction of sp³-hybridized carbons (Fsp3) is 0.200. The fourth-order valence-corrected chi connectivity index (χ4v) is 4.77. The fourth-order valence-electron chi connectivity index (χ4n) is 4.77. The molecule has 2 heterocycles. The summed E-state index contributed by atoms with van der Waals surface area (Å²) in [4.78, 5) is 56.1. The van der Waals surface area contributed by atoms with Gasteiger partial charge in [-0.25, -0.2) is 10.3 Å². The average Bonchev–Trinajstić information content (AvgIpc) is 3.28. The van der Waals surface area contributed by atoms with Gasteiger partial charge in [0.2, 0.25) is 5.91 Å². The van der Waals surface area contributed by atoms with E-state index < -0.39 is 11.9 Å². The number of carbonyl (C=O) groups excluding carboxylic acids is 3. The normalized spacial score (nSPS) is 15.9. The van der Waals surface area contributed by atoms with E-state index in [1.165, 1.54) is 6.07 Å². The Hall–Kier alpha value is -5.00. The van der Waals surface area contributed by atoms with Gasteiger partial charge in [-0.15, -0.1) is 0 Å². The zero-order chi connectivity index (χ0) is 28.9. The number of hydroxylamine groups is 1. The lowest BCUT2D eigenvalue weighted by Gasteiger charge is -2.25. The highest BCUT2D eigenvalue weighted by Crippen LogP contribution is 2.39. The summed E-state index contributed by atoms with van der Waals surface area (Å²) in [7, 11) is 0. The van der Waals surface area contributed by atoms with E-state index in [0.29, 0.717) is 59.0 Å². The summed E-state index contributed by atoms with van der Waals surface area (Å²) in [5.74, 6) is -1.86. The lowest BCUT2D eigenvalue weighted by Crippen LogP contribution is -2.48. The Balaban J connectivity index is 1.32. The molecule has 0 spiro atoms. The maximum absolute atomic E-state index is 13.2. The molecule has 1 saturated heterocycles. The van der Waals surface area contributed by atoms with Crippen molar-refractivity contribution in [2.45, 2.75) is 6.92 Å². The molecule has 0 unspecified atom stereocenters. The number of rotatable bonds is 9. The van der Waals surface area contributed by atoms with Gasteiger partial charge in [0.1, 0.15) is 0 Å². The van der Waals surface area contributed by atoms with Crippen LogP contribution in [-0.2, 0) is 14.4 Å². The number of nitrogens with one attached hydrogen (secondary N) is 4. The molecule has 3 amide bonds. The van der Waals surface area contributed by atoms with Gasteiger partial charge in [-0.05, 0) is 54.4 Å². The molecule has 2 aliphatic rings. The third kappa shape index (κ3) is 6.26. The summed E-state index contributed by atoms with van der Waals surface area (Å²) < 4.78 is 0. The summed E-state index contributed by atoms with van der Waals surface area (Å²) in [5.41, 5.74) is 6.80.